The average Bonchev–Trinajstić information content (AvgIpc) is 3.49. The van der Waals surface area contributed by atoms with E-state index in [0.717, 1.165) is 22.3 Å². The summed E-state index contributed by atoms with van der Waals surface area (Å²) in [7, 11) is 0. The summed E-state index contributed by atoms with van der Waals surface area (Å²) in [6, 6.07) is 15.4. The third-order valence-corrected chi connectivity index (χ3v) is 6.51. The third kappa shape index (κ3) is 4.87. The van der Waals surface area contributed by atoms with E-state index in [1.54, 1.807) is 0 Å². The Balaban J connectivity index is 1.37. The zero-order valence-corrected chi connectivity index (χ0v) is 19.1. The molecule has 7 nitrogen and oxygen atoms in total. The van der Waals surface area contributed by atoms with Gasteiger partial charge >= 0.3 is 12.1 Å². The molecular weight excluding hydrogens is 420 g/mol. The Hall–Kier alpha value is -3.35. The molecule has 0 bridgehead atoms. The number of hydrogen-bond donors (Lipinski definition) is 3. The zero-order chi connectivity index (χ0) is 23.8. The standard InChI is InChI=1S/C26H30N2O5/c1-26(2,3)22(23(29)27-13-15-12-20(15)24(30)31)28-25(32)33-14-21-18-10-6-4-8-16(18)17-9-5-7-11-19(17)21/h4-11,15,20-22H,12-14H2,1-3H3,(H,27,29)(H,28,32)(H,30,31)/t15-,20-,22-/m0/s1. The molecule has 2 aromatic rings. The van der Waals surface area contributed by atoms with Gasteiger partial charge in [-0.2, -0.15) is 0 Å². The van der Waals surface area contributed by atoms with Gasteiger partial charge in [0.05, 0.1) is 5.92 Å². The van der Waals surface area contributed by atoms with Crippen molar-refractivity contribution in [1.82, 2.24) is 10.6 Å². The number of nitrogens with one attached hydrogen (secondary N) is 2. The molecule has 33 heavy (non-hydrogen) atoms. The van der Waals surface area contributed by atoms with Crippen LogP contribution >= 0.6 is 0 Å². The van der Waals surface area contributed by atoms with E-state index in [-0.39, 0.29) is 30.9 Å². The van der Waals surface area contributed by atoms with Crippen LogP contribution in [0.15, 0.2) is 48.5 Å². The molecule has 1 saturated carbocycles. The Morgan fingerprint density at radius 3 is 2.12 bits per heavy atom. The SMILES string of the molecule is CC(C)(C)[C@@H](NC(=O)OCC1c2ccccc2-c2ccccc21)C(=O)NC[C@@H]1C[C@@H]1C(=O)O. The van der Waals surface area contributed by atoms with E-state index in [1.807, 2.05) is 45.0 Å². The summed E-state index contributed by atoms with van der Waals surface area (Å²) in [5.41, 5.74) is 3.98. The lowest BCUT2D eigenvalue weighted by Gasteiger charge is -2.30. The summed E-state index contributed by atoms with van der Waals surface area (Å²) < 4.78 is 5.59. The van der Waals surface area contributed by atoms with Gasteiger partial charge in [0.15, 0.2) is 0 Å². The van der Waals surface area contributed by atoms with E-state index in [4.69, 9.17) is 9.84 Å². The van der Waals surface area contributed by atoms with E-state index >= 15 is 0 Å². The van der Waals surface area contributed by atoms with Crippen molar-refractivity contribution in [1.29, 1.82) is 0 Å². The second-order valence-corrected chi connectivity index (χ2v) is 9.95. The Bertz CT molecular complexity index is 1030. The fourth-order valence-electron chi connectivity index (χ4n) is 4.54. The Morgan fingerprint density at radius 2 is 1.61 bits per heavy atom. The molecule has 0 heterocycles. The number of carboxylic acid groups (broad SMARTS) is 1. The summed E-state index contributed by atoms with van der Waals surface area (Å²) in [6.07, 6.45) is -0.0861. The number of rotatable bonds is 7. The number of fused-ring (bicyclic) bond motifs is 3. The first-order chi connectivity index (χ1) is 15.7. The molecule has 3 N–H and O–H groups in total. The van der Waals surface area contributed by atoms with Crippen LogP contribution in [0.2, 0.25) is 0 Å². The second kappa shape index (κ2) is 8.89. The third-order valence-electron chi connectivity index (χ3n) is 6.51. The van der Waals surface area contributed by atoms with Gasteiger partial charge in [-0.1, -0.05) is 69.3 Å². The minimum atomic E-state index is -0.835. The number of hydrogen-bond acceptors (Lipinski definition) is 4. The highest BCUT2D eigenvalue weighted by Gasteiger charge is 2.44. The normalized spacial score (nSPS) is 19.7. The van der Waals surface area contributed by atoms with E-state index in [0.29, 0.717) is 6.42 Å². The quantitative estimate of drug-likeness (QED) is 0.596. The fourth-order valence-corrected chi connectivity index (χ4v) is 4.54. The van der Waals surface area contributed by atoms with E-state index in [9.17, 15) is 14.4 Å². The van der Waals surface area contributed by atoms with Crippen LogP contribution in [-0.2, 0) is 14.3 Å². The monoisotopic (exact) mass is 450 g/mol. The molecule has 2 aliphatic rings. The maximum atomic E-state index is 12.8. The molecular formula is C26H30N2O5. The molecule has 0 aromatic heterocycles. The van der Waals surface area contributed by atoms with Crippen molar-refractivity contribution in [2.45, 2.75) is 39.2 Å². The van der Waals surface area contributed by atoms with Crippen LogP contribution in [0.1, 0.15) is 44.2 Å². The number of carbonyl (C=O) groups is 3. The molecule has 2 aliphatic carbocycles. The van der Waals surface area contributed by atoms with Gasteiger partial charge in [0.2, 0.25) is 5.91 Å². The molecule has 0 aliphatic heterocycles. The van der Waals surface area contributed by atoms with Gasteiger partial charge in [-0.25, -0.2) is 4.79 Å². The lowest BCUT2D eigenvalue weighted by molar-refractivity contribution is -0.139. The molecule has 0 radical (unpaired) electrons. The van der Waals surface area contributed by atoms with Gasteiger partial charge in [-0.15, -0.1) is 0 Å². The van der Waals surface area contributed by atoms with Gasteiger partial charge in [0, 0.05) is 12.5 Å². The largest absolute Gasteiger partial charge is 0.481 e. The van der Waals surface area contributed by atoms with Crippen molar-refractivity contribution in [2.75, 3.05) is 13.2 Å². The lowest BCUT2D eigenvalue weighted by atomic mass is 9.86. The molecule has 174 valence electrons. The first-order valence-corrected chi connectivity index (χ1v) is 11.3. The first kappa shape index (κ1) is 22.8. The number of carbonyl (C=O) groups excluding carboxylic acids is 2. The predicted molar refractivity (Wildman–Crippen MR) is 124 cm³/mol. The predicted octanol–water partition coefficient (Wildman–Crippen LogP) is 3.78. The summed E-state index contributed by atoms with van der Waals surface area (Å²) in [5, 5.41) is 14.5. The van der Waals surface area contributed by atoms with Crippen LogP contribution in [-0.4, -0.2) is 42.3 Å². The number of alkyl carbamates (subject to hydrolysis) is 1. The summed E-state index contributed by atoms with van der Waals surface area (Å²) in [6.45, 7) is 6.03. The van der Waals surface area contributed by atoms with Gasteiger partial charge in [-0.05, 0) is 40.0 Å². The second-order valence-electron chi connectivity index (χ2n) is 9.95. The van der Waals surface area contributed by atoms with Crippen molar-refractivity contribution >= 4 is 18.0 Å². The minimum Gasteiger partial charge on any atom is -0.481 e. The van der Waals surface area contributed by atoms with Crippen molar-refractivity contribution in [2.24, 2.45) is 17.3 Å². The summed E-state index contributed by atoms with van der Waals surface area (Å²) >= 11 is 0. The van der Waals surface area contributed by atoms with Crippen molar-refractivity contribution in [3.05, 3.63) is 59.7 Å². The molecule has 0 unspecified atom stereocenters. The van der Waals surface area contributed by atoms with Crippen LogP contribution in [0.4, 0.5) is 4.79 Å². The van der Waals surface area contributed by atoms with Crippen LogP contribution in [0.3, 0.4) is 0 Å². The number of benzene rings is 2. The van der Waals surface area contributed by atoms with Crippen LogP contribution in [0, 0.1) is 17.3 Å². The van der Waals surface area contributed by atoms with Crippen molar-refractivity contribution in [3.8, 4) is 11.1 Å². The molecule has 2 aromatic carbocycles. The van der Waals surface area contributed by atoms with Gasteiger partial charge in [-0.3, -0.25) is 9.59 Å². The van der Waals surface area contributed by atoms with Crippen LogP contribution in [0.5, 0.6) is 0 Å². The summed E-state index contributed by atoms with van der Waals surface area (Å²) in [4.78, 5) is 36.5. The van der Waals surface area contributed by atoms with E-state index in [2.05, 4.69) is 34.9 Å². The average molecular weight is 451 g/mol. The number of carboxylic acids is 1. The number of ether oxygens (including phenoxy) is 1. The van der Waals surface area contributed by atoms with E-state index in [1.165, 1.54) is 0 Å². The number of aliphatic carboxylic acids is 1. The maximum Gasteiger partial charge on any atom is 0.407 e. The maximum absolute atomic E-state index is 12.8. The van der Waals surface area contributed by atoms with Crippen molar-refractivity contribution < 1.29 is 24.2 Å². The highest BCUT2D eigenvalue weighted by Crippen LogP contribution is 2.44. The minimum absolute atomic E-state index is 0.0541. The van der Waals surface area contributed by atoms with Crippen molar-refractivity contribution in [3.63, 3.8) is 0 Å². The lowest BCUT2D eigenvalue weighted by Crippen LogP contribution is -2.54. The molecule has 1 fully saturated rings. The molecule has 0 saturated heterocycles. The van der Waals surface area contributed by atoms with Gasteiger partial charge in [0.1, 0.15) is 12.6 Å². The topological polar surface area (TPSA) is 105 Å². The molecule has 2 amide bonds. The number of amides is 2. The molecule has 0 spiro atoms. The highest BCUT2D eigenvalue weighted by atomic mass is 16.5. The summed E-state index contributed by atoms with van der Waals surface area (Å²) in [5.74, 6) is -1.69. The first-order valence-electron chi connectivity index (χ1n) is 11.3. The van der Waals surface area contributed by atoms with Crippen LogP contribution in [0.25, 0.3) is 11.1 Å². The fraction of sp³-hybridized carbons (Fsp3) is 0.423. The van der Waals surface area contributed by atoms with E-state index < -0.39 is 29.4 Å². The zero-order valence-electron chi connectivity index (χ0n) is 19.1. The molecule has 4 rings (SSSR count). The van der Waals surface area contributed by atoms with Crippen LogP contribution < -0.4 is 10.6 Å². The molecule has 3 atom stereocenters. The Morgan fingerprint density at radius 1 is 1.03 bits per heavy atom. The highest BCUT2D eigenvalue weighted by molar-refractivity contribution is 5.86. The van der Waals surface area contributed by atoms with Gasteiger partial charge < -0.3 is 20.5 Å². The Labute approximate surface area is 193 Å². The Kier molecular flexibility index (Phi) is 6.15. The smallest absolute Gasteiger partial charge is 0.407 e. The molecule has 7 heteroatoms. The van der Waals surface area contributed by atoms with Gasteiger partial charge in [0.25, 0.3) is 0 Å².